The number of anilines is 2. The second-order valence-corrected chi connectivity index (χ2v) is 11.1. The number of rotatable bonds is 7. The van der Waals surface area contributed by atoms with Gasteiger partial charge < -0.3 is 33.6 Å². The molecule has 1 fully saturated rings. The third-order valence-electron chi connectivity index (χ3n) is 6.44. The van der Waals surface area contributed by atoms with Gasteiger partial charge in [0.15, 0.2) is 23.5 Å². The molecule has 2 aromatic heterocycles. The van der Waals surface area contributed by atoms with Crippen LogP contribution in [0.3, 0.4) is 0 Å². The zero-order chi connectivity index (χ0) is 29.4. The van der Waals surface area contributed by atoms with Crippen molar-refractivity contribution >= 4 is 51.2 Å². The van der Waals surface area contributed by atoms with Gasteiger partial charge in [0.1, 0.15) is 40.9 Å². The zero-order valence-electron chi connectivity index (χ0n) is 23.4. The maximum absolute atomic E-state index is 12.3. The van der Waals surface area contributed by atoms with Crippen molar-refractivity contribution < 1.29 is 28.2 Å². The predicted octanol–water partition coefficient (Wildman–Crippen LogP) is 6.97. The normalized spacial score (nSPS) is 13.6. The molecule has 3 heterocycles. The number of hydrogen-bond donors (Lipinski definition) is 1. The Hall–Kier alpha value is -4.77. The van der Waals surface area contributed by atoms with E-state index in [0.717, 1.165) is 0 Å². The van der Waals surface area contributed by atoms with Crippen LogP contribution in [0, 0.1) is 0 Å². The van der Waals surface area contributed by atoms with Crippen LogP contribution in [0.25, 0.3) is 22.0 Å². The highest BCUT2D eigenvalue weighted by molar-refractivity contribution is 6.32. The molecule has 216 valence electrons. The highest BCUT2D eigenvalue weighted by Gasteiger charge is 2.35. The van der Waals surface area contributed by atoms with Crippen LogP contribution < -0.4 is 19.5 Å². The average Bonchev–Trinajstić information content (AvgIpc) is 3.39. The molecule has 0 unspecified atom stereocenters. The number of likely N-dealkylation sites (tertiary alicyclic amines) is 1. The minimum absolute atomic E-state index is 0.207. The summed E-state index contributed by atoms with van der Waals surface area (Å²) in [6.45, 7) is 6.33. The molecule has 1 aliphatic rings. The fourth-order valence-electron chi connectivity index (χ4n) is 4.41. The first-order valence-corrected chi connectivity index (χ1v) is 13.6. The van der Waals surface area contributed by atoms with Crippen molar-refractivity contribution in [1.29, 1.82) is 0 Å². The summed E-state index contributed by atoms with van der Waals surface area (Å²) in [7, 11) is 1.57. The maximum atomic E-state index is 12.3. The van der Waals surface area contributed by atoms with Crippen molar-refractivity contribution in [3.05, 3.63) is 66.3 Å². The van der Waals surface area contributed by atoms with Gasteiger partial charge in [-0.15, -0.1) is 0 Å². The van der Waals surface area contributed by atoms with E-state index in [2.05, 4.69) is 20.3 Å². The summed E-state index contributed by atoms with van der Waals surface area (Å²) in [4.78, 5) is 26.9. The lowest BCUT2D eigenvalue weighted by molar-refractivity contribution is -0.0225. The number of carbonyl (C=O) groups excluding carboxylic acids is 1. The molecule has 3 aromatic carbocycles. The van der Waals surface area contributed by atoms with E-state index in [4.69, 9.17) is 35.0 Å². The molecular weight excluding hydrogens is 562 g/mol. The van der Waals surface area contributed by atoms with Crippen LogP contribution >= 0.6 is 11.6 Å². The zero-order valence-corrected chi connectivity index (χ0v) is 24.1. The third kappa shape index (κ3) is 5.82. The second kappa shape index (κ2) is 10.9. The monoisotopic (exact) mass is 589 g/mol. The summed E-state index contributed by atoms with van der Waals surface area (Å²) < 4.78 is 28.5. The number of hydrogen-bond acceptors (Lipinski definition) is 10. The molecule has 11 nitrogen and oxygen atoms in total. The number of halogens is 1. The van der Waals surface area contributed by atoms with E-state index >= 15 is 0 Å². The summed E-state index contributed by atoms with van der Waals surface area (Å²) in [6.07, 6.45) is 2.28. The van der Waals surface area contributed by atoms with Crippen LogP contribution in [-0.2, 0) is 4.74 Å². The lowest BCUT2D eigenvalue weighted by Crippen LogP contribution is -2.57. The van der Waals surface area contributed by atoms with E-state index in [1.165, 1.54) is 12.7 Å². The van der Waals surface area contributed by atoms with Gasteiger partial charge in [-0.1, -0.05) is 11.6 Å². The Bertz CT molecular complexity index is 1780. The van der Waals surface area contributed by atoms with Crippen molar-refractivity contribution in [2.24, 2.45) is 0 Å². The van der Waals surface area contributed by atoms with Crippen molar-refractivity contribution in [3.8, 4) is 23.0 Å². The van der Waals surface area contributed by atoms with E-state index in [1.54, 1.807) is 48.4 Å². The quantitative estimate of drug-likeness (QED) is 0.213. The van der Waals surface area contributed by atoms with Gasteiger partial charge >= 0.3 is 6.09 Å². The molecule has 6 rings (SSSR count). The number of ether oxygens (including phenoxy) is 4. The first-order chi connectivity index (χ1) is 20.1. The summed E-state index contributed by atoms with van der Waals surface area (Å²) in [5.41, 5.74) is 2.17. The summed E-state index contributed by atoms with van der Waals surface area (Å²) >= 11 is 6.57. The van der Waals surface area contributed by atoms with Gasteiger partial charge in [0.25, 0.3) is 0 Å². The van der Waals surface area contributed by atoms with E-state index < -0.39 is 5.60 Å². The Kier molecular flexibility index (Phi) is 7.11. The van der Waals surface area contributed by atoms with Gasteiger partial charge in [0.2, 0.25) is 0 Å². The minimum Gasteiger partial charge on any atom is -0.493 e. The smallest absolute Gasteiger partial charge is 0.410 e. The predicted molar refractivity (Wildman–Crippen MR) is 157 cm³/mol. The lowest BCUT2D eigenvalue weighted by Gasteiger charge is -2.39. The van der Waals surface area contributed by atoms with Gasteiger partial charge in [-0.05, 0) is 57.2 Å². The van der Waals surface area contributed by atoms with Crippen molar-refractivity contribution in [2.75, 3.05) is 25.5 Å². The maximum Gasteiger partial charge on any atom is 0.410 e. The van der Waals surface area contributed by atoms with Crippen molar-refractivity contribution in [3.63, 3.8) is 0 Å². The van der Waals surface area contributed by atoms with Crippen LogP contribution in [0.2, 0.25) is 5.02 Å². The largest absolute Gasteiger partial charge is 0.493 e. The molecule has 5 aromatic rings. The number of benzene rings is 3. The molecular formula is C30H28ClN5O6. The van der Waals surface area contributed by atoms with Gasteiger partial charge in [-0.25, -0.2) is 19.7 Å². The Balaban J connectivity index is 1.18. The molecule has 0 radical (unpaired) electrons. The number of amides is 1. The molecule has 0 aliphatic carbocycles. The first-order valence-electron chi connectivity index (χ1n) is 13.2. The Morgan fingerprint density at radius 1 is 1.00 bits per heavy atom. The standard InChI is InChI=1S/C30H28ClN5O6/c1-30(2,3)42-29(37)36-13-19(14-36)41-27-11-20-22(12-26(27)38-4)32-15-33-28(20)35-17-5-7-24(21(31)9-17)40-18-6-8-25-23(10-18)34-16-39-25/h5-12,15-16,19H,13-14H2,1-4H3,(H,32,33,35). The van der Waals surface area contributed by atoms with Crippen LogP contribution in [0.4, 0.5) is 16.3 Å². The van der Waals surface area contributed by atoms with E-state index in [9.17, 15) is 4.79 Å². The van der Waals surface area contributed by atoms with Crippen LogP contribution in [-0.4, -0.2) is 57.8 Å². The molecule has 0 bridgehead atoms. The van der Waals surface area contributed by atoms with E-state index in [0.29, 0.717) is 74.6 Å². The molecule has 0 saturated carbocycles. The topological polar surface area (TPSA) is 121 Å². The van der Waals surface area contributed by atoms with Gasteiger partial charge in [0.05, 0.1) is 30.7 Å². The van der Waals surface area contributed by atoms with Crippen LogP contribution in [0.5, 0.6) is 23.0 Å². The Morgan fingerprint density at radius 2 is 1.83 bits per heavy atom. The van der Waals surface area contributed by atoms with Crippen LogP contribution in [0.1, 0.15) is 20.8 Å². The highest BCUT2D eigenvalue weighted by Crippen LogP contribution is 2.38. The molecule has 1 N–H and O–H groups in total. The second-order valence-electron chi connectivity index (χ2n) is 10.7. The molecule has 0 spiro atoms. The molecule has 42 heavy (non-hydrogen) atoms. The number of fused-ring (bicyclic) bond motifs is 2. The number of carbonyl (C=O) groups is 1. The Labute approximate surface area is 246 Å². The molecule has 1 saturated heterocycles. The van der Waals surface area contributed by atoms with Gasteiger partial charge in [-0.2, -0.15) is 0 Å². The minimum atomic E-state index is -0.557. The number of oxazole rings is 1. The number of aromatic nitrogens is 3. The molecule has 12 heteroatoms. The fourth-order valence-corrected chi connectivity index (χ4v) is 4.63. The first kappa shape index (κ1) is 27.4. The molecule has 1 amide bonds. The molecule has 0 atom stereocenters. The average molecular weight is 590 g/mol. The fraction of sp³-hybridized carbons (Fsp3) is 0.267. The van der Waals surface area contributed by atoms with Gasteiger partial charge in [-0.3, -0.25) is 0 Å². The number of nitrogens with zero attached hydrogens (tertiary/aromatic N) is 4. The van der Waals surface area contributed by atoms with Crippen LogP contribution in [0.15, 0.2) is 65.7 Å². The number of methoxy groups -OCH3 is 1. The highest BCUT2D eigenvalue weighted by atomic mass is 35.5. The van der Waals surface area contributed by atoms with E-state index in [1.807, 2.05) is 32.9 Å². The molecule has 1 aliphatic heterocycles. The summed E-state index contributed by atoms with van der Waals surface area (Å²) in [5, 5.41) is 4.43. The lowest BCUT2D eigenvalue weighted by atomic mass is 10.1. The van der Waals surface area contributed by atoms with E-state index in [-0.39, 0.29) is 12.2 Å². The van der Waals surface area contributed by atoms with Crippen molar-refractivity contribution in [1.82, 2.24) is 19.9 Å². The summed E-state index contributed by atoms with van der Waals surface area (Å²) in [6, 6.07) is 14.3. The SMILES string of the molecule is COc1cc2ncnc(Nc3ccc(Oc4ccc5ocnc5c4)c(Cl)c3)c2cc1OC1CN(C(=O)OC(C)(C)C)C1. The number of nitrogens with one attached hydrogen (secondary N) is 1. The Morgan fingerprint density at radius 3 is 2.60 bits per heavy atom. The summed E-state index contributed by atoms with van der Waals surface area (Å²) in [5.74, 6) is 2.67. The van der Waals surface area contributed by atoms with Gasteiger partial charge in [0, 0.05) is 23.2 Å². The third-order valence-corrected chi connectivity index (χ3v) is 6.73. The van der Waals surface area contributed by atoms with Crippen molar-refractivity contribution in [2.45, 2.75) is 32.5 Å².